The molecule has 2 heterocycles. The number of ether oxygens (including phenoxy) is 1. The molecule has 90 valence electrons. The van der Waals surface area contributed by atoms with Gasteiger partial charge in [0.05, 0.1) is 12.1 Å². The van der Waals surface area contributed by atoms with Gasteiger partial charge in [0, 0.05) is 24.2 Å². The molecule has 1 aromatic heterocycles. The third kappa shape index (κ3) is 2.81. The molecule has 0 aromatic carbocycles. The fourth-order valence-corrected chi connectivity index (χ4v) is 2.76. The van der Waals surface area contributed by atoms with Crippen LogP contribution in [0.3, 0.4) is 0 Å². The molecule has 0 bridgehead atoms. The van der Waals surface area contributed by atoms with E-state index < -0.39 is 0 Å². The summed E-state index contributed by atoms with van der Waals surface area (Å²) >= 11 is 1.73. The second kappa shape index (κ2) is 4.82. The van der Waals surface area contributed by atoms with Crippen molar-refractivity contribution >= 4 is 11.3 Å². The van der Waals surface area contributed by atoms with Crippen LogP contribution in [0.4, 0.5) is 0 Å². The lowest BCUT2D eigenvalue weighted by Crippen LogP contribution is -2.39. The van der Waals surface area contributed by atoms with Crippen molar-refractivity contribution in [1.29, 1.82) is 0 Å². The Morgan fingerprint density at radius 2 is 2.44 bits per heavy atom. The highest BCUT2D eigenvalue weighted by Crippen LogP contribution is 2.24. The SMILES string of the molecule is Cc1csc(C(C)(C)NC[C@H]2CCOC2)n1. The van der Waals surface area contributed by atoms with Crippen LogP contribution in [0.15, 0.2) is 5.38 Å². The number of hydrogen-bond acceptors (Lipinski definition) is 4. The van der Waals surface area contributed by atoms with Crippen LogP contribution in [-0.2, 0) is 10.3 Å². The first-order chi connectivity index (χ1) is 7.58. The fourth-order valence-electron chi connectivity index (χ4n) is 1.86. The summed E-state index contributed by atoms with van der Waals surface area (Å²) < 4.78 is 5.38. The van der Waals surface area contributed by atoms with E-state index in [0.717, 1.165) is 25.5 Å². The van der Waals surface area contributed by atoms with Crippen LogP contribution in [0.2, 0.25) is 0 Å². The van der Waals surface area contributed by atoms with E-state index in [-0.39, 0.29) is 5.54 Å². The minimum atomic E-state index is -0.0263. The summed E-state index contributed by atoms with van der Waals surface area (Å²) in [5, 5.41) is 6.88. The van der Waals surface area contributed by atoms with E-state index in [1.165, 1.54) is 11.4 Å². The van der Waals surface area contributed by atoms with Gasteiger partial charge < -0.3 is 10.1 Å². The molecule has 0 amide bonds. The minimum Gasteiger partial charge on any atom is -0.381 e. The van der Waals surface area contributed by atoms with Crippen molar-refractivity contribution in [1.82, 2.24) is 10.3 Å². The number of nitrogens with one attached hydrogen (secondary N) is 1. The zero-order valence-corrected chi connectivity index (χ0v) is 11.1. The predicted octanol–water partition coefficient (Wildman–Crippen LogP) is 2.31. The standard InChI is InChI=1S/C12H20N2OS/c1-9-8-16-11(14-9)12(2,3)13-6-10-4-5-15-7-10/h8,10,13H,4-7H2,1-3H3/t10-/m1/s1. The van der Waals surface area contributed by atoms with Crippen LogP contribution in [0, 0.1) is 12.8 Å². The van der Waals surface area contributed by atoms with E-state index >= 15 is 0 Å². The zero-order valence-electron chi connectivity index (χ0n) is 10.2. The van der Waals surface area contributed by atoms with E-state index in [1.54, 1.807) is 11.3 Å². The molecular weight excluding hydrogens is 220 g/mol. The quantitative estimate of drug-likeness (QED) is 0.877. The first kappa shape index (κ1) is 12.0. The van der Waals surface area contributed by atoms with E-state index in [1.807, 2.05) is 6.92 Å². The Kier molecular flexibility index (Phi) is 3.62. The van der Waals surface area contributed by atoms with Gasteiger partial charge in [0.2, 0.25) is 0 Å². The Hall–Kier alpha value is -0.450. The van der Waals surface area contributed by atoms with Crippen molar-refractivity contribution in [2.75, 3.05) is 19.8 Å². The molecule has 1 aliphatic heterocycles. The largest absolute Gasteiger partial charge is 0.381 e. The van der Waals surface area contributed by atoms with Gasteiger partial charge in [-0.05, 0) is 33.1 Å². The molecule has 1 saturated heterocycles. The highest BCUT2D eigenvalue weighted by Gasteiger charge is 2.25. The van der Waals surface area contributed by atoms with Gasteiger partial charge in [0.15, 0.2) is 0 Å². The van der Waals surface area contributed by atoms with Gasteiger partial charge in [-0.15, -0.1) is 11.3 Å². The molecule has 0 saturated carbocycles. The van der Waals surface area contributed by atoms with E-state index in [2.05, 4.69) is 29.5 Å². The summed E-state index contributed by atoms with van der Waals surface area (Å²) in [6.45, 7) is 9.28. The normalized spacial score (nSPS) is 21.6. The van der Waals surface area contributed by atoms with Crippen molar-refractivity contribution in [2.24, 2.45) is 5.92 Å². The van der Waals surface area contributed by atoms with Crippen LogP contribution in [0.25, 0.3) is 0 Å². The average Bonchev–Trinajstić information content (AvgIpc) is 2.85. The van der Waals surface area contributed by atoms with E-state index in [4.69, 9.17) is 4.74 Å². The highest BCUT2D eigenvalue weighted by atomic mass is 32.1. The molecule has 1 aromatic rings. The van der Waals surface area contributed by atoms with Gasteiger partial charge >= 0.3 is 0 Å². The molecule has 0 spiro atoms. The summed E-state index contributed by atoms with van der Waals surface area (Å²) in [7, 11) is 0. The number of rotatable bonds is 4. The topological polar surface area (TPSA) is 34.1 Å². The Balaban J connectivity index is 1.91. The van der Waals surface area contributed by atoms with Crippen LogP contribution < -0.4 is 5.32 Å². The molecule has 16 heavy (non-hydrogen) atoms. The lowest BCUT2D eigenvalue weighted by Gasteiger charge is -2.25. The zero-order chi connectivity index (χ0) is 11.6. The summed E-state index contributed by atoms with van der Waals surface area (Å²) in [4.78, 5) is 4.55. The molecular formula is C12H20N2OS. The number of aryl methyl sites for hydroxylation is 1. The molecule has 4 heteroatoms. The molecule has 0 radical (unpaired) electrons. The lowest BCUT2D eigenvalue weighted by molar-refractivity contribution is 0.183. The number of hydrogen-bond donors (Lipinski definition) is 1. The minimum absolute atomic E-state index is 0.0263. The maximum atomic E-state index is 5.38. The van der Waals surface area contributed by atoms with Crippen molar-refractivity contribution < 1.29 is 4.74 Å². The summed E-state index contributed by atoms with van der Waals surface area (Å²) in [6.07, 6.45) is 1.18. The van der Waals surface area contributed by atoms with Crippen LogP contribution in [0.5, 0.6) is 0 Å². The van der Waals surface area contributed by atoms with E-state index in [9.17, 15) is 0 Å². The van der Waals surface area contributed by atoms with Crippen molar-refractivity contribution in [2.45, 2.75) is 32.7 Å². The molecule has 0 unspecified atom stereocenters. The van der Waals surface area contributed by atoms with Crippen molar-refractivity contribution in [3.8, 4) is 0 Å². The molecule has 2 rings (SSSR count). The Bertz CT molecular complexity index is 343. The second-order valence-corrected chi connectivity index (χ2v) is 5.89. The number of nitrogens with zero attached hydrogens (tertiary/aromatic N) is 1. The molecule has 1 N–H and O–H groups in total. The monoisotopic (exact) mass is 240 g/mol. The second-order valence-electron chi connectivity index (χ2n) is 5.03. The third-order valence-electron chi connectivity index (χ3n) is 3.01. The summed E-state index contributed by atoms with van der Waals surface area (Å²) in [5.74, 6) is 0.667. The smallest absolute Gasteiger partial charge is 0.112 e. The lowest BCUT2D eigenvalue weighted by atomic mass is 10.0. The van der Waals surface area contributed by atoms with Gasteiger partial charge in [-0.1, -0.05) is 0 Å². The Labute approximate surface area is 101 Å². The first-order valence-electron chi connectivity index (χ1n) is 5.83. The van der Waals surface area contributed by atoms with Gasteiger partial charge in [0.1, 0.15) is 5.01 Å². The van der Waals surface area contributed by atoms with Crippen LogP contribution >= 0.6 is 11.3 Å². The van der Waals surface area contributed by atoms with Gasteiger partial charge in [-0.25, -0.2) is 4.98 Å². The number of thiazole rings is 1. The third-order valence-corrected chi connectivity index (χ3v) is 4.29. The fraction of sp³-hybridized carbons (Fsp3) is 0.750. The summed E-state index contributed by atoms with van der Waals surface area (Å²) in [6, 6.07) is 0. The van der Waals surface area contributed by atoms with Crippen LogP contribution in [0.1, 0.15) is 31.0 Å². The number of aromatic nitrogens is 1. The predicted molar refractivity (Wildman–Crippen MR) is 66.8 cm³/mol. The Morgan fingerprint density at radius 1 is 1.62 bits per heavy atom. The van der Waals surface area contributed by atoms with Gasteiger partial charge in [-0.2, -0.15) is 0 Å². The van der Waals surface area contributed by atoms with Crippen LogP contribution in [-0.4, -0.2) is 24.7 Å². The van der Waals surface area contributed by atoms with E-state index in [0.29, 0.717) is 5.92 Å². The Morgan fingerprint density at radius 3 is 3.00 bits per heavy atom. The maximum absolute atomic E-state index is 5.38. The molecule has 1 aliphatic rings. The highest BCUT2D eigenvalue weighted by molar-refractivity contribution is 7.09. The average molecular weight is 240 g/mol. The molecule has 3 nitrogen and oxygen atoms in total. The van der Waals surface area contributed by atoms with Crippen molar-refractivity contribution in [3.63, 3.8) is 0 Å². The molecule has 1 fully saturated rings. The molecule has 1 atom stereocenters. The summed E-state index contributed by atoms with van der Waals surface area (Å²) in [5.41, 5.74) is 1.08. The maximum Gasteiger partial charge on any atom is 0.112 e. The molecule has 0 aliphatic carbocycles. The first-order valence-corrected chi connectivity index (χ1v) is 6.71. The van der Waals surface area contributed by atoms with Gasteiger partial charge in [0.25, 0.3) is 0 Å². The van der Waals surface area contributed by atoms with Gasteiger partial charge in [-0.3, -0.25) is 0 Å². The van der Waals surface area contributed by atoms with Crippen molar-refractivity contribution in [3.05, 3.63) is 16.1 Å².